The highest BCUT2D eigenvalue weighted by molar-refractivity contribution is 6.26. The minimum atomic E-state index is -0.480. The Morgan fingerprint density at radius 3 is 2.27 bits per heavy atom. The first-order chi connectivity index (χ1) is 15.9. The third-order valence-electron chi connectivity index (χ3n) is 6.08. The molecule has 2 aromatic carbocycles. The van der Waals surface area contributed by atoms with Gasteiger partial charge in [-0.15, -0.1) is 4.68 Å². The summed E-state index contributed by atoms with van der Waals surface area (Å²) in [5.74, 6) is -1.39. The summed E-state index contributed by atoms with van der Waals surface area (Å²) in [6.45, 7) is 2.11. The molecule has 33 heavy (non-hydrogen) atoms. The molecule has 2 aliphatic rings. The summed E-state index contributed by atoms with van der Waals surface area (Å²) in [4.78, 5) is 42.4. The number of anilines is 1. The average Bonchev–Trinajstić information content (AvgIpc) is 3.18. The number of hydrogen-bond donors (Lipinski definition) is 0. The number of rotatable bonds is 4. The van der Waals surface area contributed by atoms with E-state index in [1.54, 1.807) is 29.2 Å². The Morgan fingerprint density at radius 2 is 1.61 bits per heavy atom. The molecule has 5 rings (SSSR count). The SMILES string of the molecule is O=C1c2ccccc2C(=O)c2c1n[n+]([O-])n2CCC(=O)N1CCN(c2ccc(F)cc2)CC1. The van der Waals surface area contributed by atoms with Crippen molar-refractivity contribution < 1.29 is 23.7 Å². The maximum Gasteiger partial charge on any atom is 0.224 e. The molecule has 0 atom stereocenters. The van der Waals surface area contributed by atoms with Crippen molar-refractivity contribution in [3.05, 3.63) is 82.1 Å². The van der Waals surface area contributed by atoms with Gasteiger partial charge < -0.3 is 15.0 Å². The number of fused-ring (bicyclic) bond motifs is 2. The topological polar surface area (TPSA) is 102 Å². The van der Waals surface area contributed by atoms with Gasteiger partial charge in [-0.25, -0.2) is 4.39 Å². The van der Waals surface area contributed by atoms with Crippen molar-refractivity contribution in [2.75, 3.05) is 31.1 Å². The lowest BCUT2D eigenvalue weighted by molar-refractivity contribution is -0.749. The predicted molar refractivity (Wildman–Crippen MR) is 114 cm³/mol. The molecule has 0 saturated carbocycles. The summed E-state index contributed by atoms with van der Waals surface area (Å²) >= 11 is 0. The molecule has 1 aromatic heterocycles. The number of aromatic nitrogens is 3. The van der Waals surface area contributed by atoms with E-state index in [1.807, 2.05) is 0 Å². The third kappa shape index (κ3) is 3.63. The second kappa shape index (κ2) is 8.12. The number of carbonyl (C=O) groups excluding carboxylic acids is 3. The fraction of sp³-hybridized carbons (Fsp3) is 0.261. The molecule has 3 aromatic rings. The van der Waals surface area contributed by atoms with Gasteiger partial charge in [0.2, 0.25) is 23.2 Å². The number of nitrogens with zero attached hydrogens (tertiary/aromatic N) is 5. The first-order valence-electron chi connectivity index (χ1n) is 10.6. The number of piperazine rings is 1. The lowest BCUT2D eigenvalue weighted by atomic mass is 9.90. The highest BCUT2D eigenvalue weighted by Gasteiger charge is 2.39. The number of halogens is 1. The number of carbonyl (C=O) groups is 3. The van der Waals surface area contributed by atoms with E-state index in [1.165, 1.54) is 24.3 Å². The Kier molecular flexibility index (Phi) is 5.12. The molecule has 2 heterocycles. The van der Waals surface area contributed by atoms with E-state index >= 15 is 0 Å². The fourth-order valence-electron chi connectivity index (χ4n) is 4.33. The molecule has 1 aliphatic carbocycles. The minimum absolute atomic E-state index is 0.00922. The lowest BCUT2D eigenvalue weighted by Crippen LogP contribution is -2.49. The molecule has 10 heteroatoms. The summed E-state index contributed by atoms with van der Waals surface area (Å²) in [6.07, 6.45) is -0.00922. The molecule has 1 fully saturated rings. The van der Waals surface area contributed by atoms with Crippen LogP contribution in [0.4, 0.5) is 10.1 Å². The molecule has 0 spiro atoms. The molecule has 0 unspecified atom stereocenters. The van der Waals surface area contributed by atoms with Gasteiger partial charge in [0.1, 0.15) is 5.82 Å². The van der Waals surface area contributed by atoms with Gasteiger partial charge >= 0.3 is 0 Å². The van der Waals surface area contributed by atoms with Crippen LogP contribution in [0, 0.1) is 11.0 Å². The zero-order chi connectivity index (χ0) is 23.1. The Bertz CT molecular complexity index is 1260. The molecule has 1 amide bonds. The maximum absolute atomic E-state index is 13.1. The largest absolute Gasteiger partial charge is 0.571 e. The standard InChI is InChI=1S/C23H20FN5O4/c24-15-5-7-16(8-6-15)26-11-13-27(14-12-26)19(30)9-10-28-21-20(25-29(28)33)22(31)17-3-1-2-4-18(17)23(21)32/h1-8H,9-14H2. The van der Waals surface area contributed by atoms with Crippen molar-refractivity contribution in [2.24, 2.45) is 0 Å². The van der Waals surface area contributed by atoms with Crippen molar-refractivity contribution in [1.29, 1.82) is 0 Å². The summed E-state index contributed by atoms with van der Waals surface area (Å²) in [6, 6.07) is 12.6. The monoisotopic (exact) mass is 449 g/mol. The molecular formula is C23H20FN5O4. The Hall–Kier alpha value is -4.08. The summed E-state index contributed by atoms with van der Waals surface area (Å²) in [5, 5.41) is 16.1. The predicted octanol–water partition coefficient (Wildman–Crippen LogP) is 1.17. The summed E-state index contributed by atoms with van der Waals surface area (Å²) in [5.41, 5.74) is 1.07. The van der Waals surface area contributed by atoms with E-state index in [0.717, 1.165) is 10.4 Å². The number of hydrogen-bond acceptors (Lipinski definition) is 6. The van der Waals surface area contributed by atoms with Crippen molar-refractivity contribution in [3.63, 3.8) is 0 Å². The molecule has 1 aliphatic heterocycles. The van der Waals surface area contributed by atoms with Crippen molar-refractivity contribution in [2.45, 2.75) is 13.0 Å². The van der Waals surface area contributed by atoms with Crippen LogP contribution in [-0.2, 0) is 11.3 Å². The second-order valence-electron chi connectivity index (χ2n) is 7.97. The fourth-order valence-corrected chi connectivity index (χ4v) is 4.33. The van der Waals surface area contributed by atoms with Crippen LogP contribution in [0.1, 0.15) is 38.5 Å². The average molecular weight is 449 g/mol. The summed E-state index contributed by atoms with van der Waals surface area (Å²) in [7, 11) is 0. The van der Waals surface area contributed by atoms with Gasteiger partial charge in [-0.3, -0.25) is 14.4 Å². The first-order valence-corrected chi connectivity index (χ1v) is 10.6. The van der Waals surface area contributed by atoms with Crippen LogP contribution in [-0.4, -0.2) is 58.3 Å². The zero-order valence-corrected chi connectivity index (χ0v) is 17.6. The highest BCUT2D eigenvalue weighted by atomic mass is 19.1. The Balaban J connectivity index is 1.26. The maximum atomic E-state index is 13.1. The van der Waals surface area contributed by atoms with Gasteiger partial charge in [-0.2, -0.15) is 0 Å². The lowest BCUT2D eigenvalue weighted by Gasteiger charge is -2.36. The molecule has 0 radical (unpaired) electrons. The van der Waals surface area contributed by atoms with E-state index < -0.39 is 11.6 Å². The molecule has 168 valence electrons. The van der Waals surface area contributed by atoms with Gasteiger partial charge in [-0.1, -0.05) is 24.3 Å². The smallest absolute Gasteiger partial charge is 0.224 e. The van der Waals surface area contributed by atoms with Gasteiger partial charge in [0.25, 0.3) is 0 Å². The van der Waals surface area contributed by atoms with E-state index in [9.17, 15) is 24.0 Å². The van der Waals surface area contributed by atoms with Crippen molar-refractivity contribution in [3.8, 4) is 0 Å². The molecule has 9 nitrogen and oxygen atoms in total. The third-order valence-corrected chi connectivity index (χ3v) is 6.08. The van der Waals surface area contributed by atoms with Crippen LogP contribution < -0.4 is 9.86 Å². The first kappa shape index (κ1) is 20.8. The summed E-state index contributed by atoms with van der Waals surface area (Å²) < 4.78 is 14.2. The normalized spacial score (nSPS) is 15.4. The van der Waals surface area contributed by atoms with E-state index in [2.05, 4.69) is 10.00 Å². The van der Waals surface area contributed by atoms with Gasteiger partial charge in [0.15, 0.2) is 5.69 Å². The van der Waals surface area contributed by atoms with Crippen LogP contribution >= 0.6 is 0 Å². The van der Waals surface area contributed by atoms with Crippen LogP contribution in [0.3, 0.4) is 0 Å². The van der Waals surface area contributed by atoms with Gasteiger partial charge in [0, 0.05) is 53.1 Å². The van der Waals surface area contributed by atoms with E-state index in [0.29, 0.717) is 26.2 Å². The van der Waals surface area contributed by atoms with Crippen molar-refractivity contribution in [1.82, 2.24) is 14.7 Å². The molecule has 1 saturated heterocycles. The molecule has 0 N–H and O–H groups in total. The van der Waals surface area contributed by atoms with Crippen LogP contribution in [0.2, 0.25) is 0 Å². The van der Waals surface area contributed by atoms with Crippen LogP contribution in [0.25, 0.3) is 0 Å². The second-order valence-corrected chi connectivity index (χ2v) is 7.97. The number of amides is 1. The van der Waals surface area contributed by atoms with E-state index in [-0.39, 0.29) is 52.2 Å². The quantitative estimate of drug-likeness (QED) is 0.342. The van der Waals surface area contributed by atoms with Crippen LogP contribution in [0.15, 0.2) is 48.5 Å². The van der Waals surface area contributed by atoms with Gasteiger partial charge in [0.05, 0.1) is 13.0 Å². The van der Waals surface area contributed by atoms with Crippen LogP contribution in [0.5, 0.6) is 0 Å². The Morgan fingerprint density at radius 1 is 0.970 bits per heavy atom. The van der Waals surface area contributed by atoms with Gasteiger partial charge in [-0.05, 0) is 24.3 Å². The number of benzene rings is 2. The minimum Gasteiger partial charge on any atom is -0.571 e. The Labute approximate surface area is 188 Å². The van der Waals surface area contributed by atoms with Crippen molar-refractivity contribution >= 4 is 23.2 Å². The highest BCUT2D eigenvalue weighted by Crippen LogP contribution is 2.25. The molecular weight excluding hydrogens is 429 g/mol. The zero-order valence-electron chi connectivity index (χ0n) is 17.6. The molecule has 0 bridgehead atoms. The number of ketones is 2. The van der Waals surface area contributed by atoms with E-state index in [4.69, 9.17) is 0 Å².